The van der Waals surface area contributed by atoms with Gasteiger partial charge in [0, 0.05) is 17.3 Å². The minimum absolute atomic E-state index is 0.124. The van der Waals surface area contributed by atoms with Crippen molar-refractivity contribution in [2.24, 2.45) is 0 Å². The molecule has 3 N–H and O–H groups in total. The van der Waals surface area contributed by atoms with Crippen molar-refractivity contribution in [3.8, 4) is 0 Å². The van der Waals surface area contributed by atoms with Gasteiger partial charge in [-0.3, -0.25) is 9.59 Å². The molecule has 0 fully saturated rings. The number of aromatic nitrogens is 2. The fourth-order valence-corrected chi connectivity index (χ4v) is 5.26. The Balaban J connectivity index is 1.65. The van der Waals surface area contributed by atoms with Crippen LogP contribution in [0.4, 0.5) is 5.69 Å². The number of nitrogens with zero attached hydrogens (tertiary/aromatic N) is 1. The Hall–Kier alpha value is -2.17. The first-order chi connectivity index (χ1) is 14.2. The number of sulfonamides is 1. The Labute approximate surface area is 180 Å². The van der Waals surface area contributed by atoms with E-state index in [1.165, 1.54) is 23.9 Å². The third-order valence-electron chi connectivity index (χ3n) is 4.65. The number of H-pyrrole nitrogens is 1. The fourth-order valence-electron chi connectivity index (χ4n) is 3.20. The second-order valence-electron chi connectivity index (χ2n) is 7.55. The van der Waals surface area contributed by atoms with Crippen LogP contribution in [0.2, 0.25) is 0 Å². The van der Waals surface area contributed by atoms with E-state index in [1.807, 2.05) is 0 Å². The second kappa shape index (κ2) is 9.32. The van der Waals surface area contributed by atoms with E-state index in [0.29, 0.717) is 10.8 Å². The Kier molecular flexibility index (Phi) is 6.99. The smallest absolute Gasteiger partial charge is 0.254 e. The average molecular weight is 451 g/mol. The van der Waals surface area contributed by atoms with Crippen molar-refractivity contribution in [1.82, 2.24) is 14.7 Å². The molecule has 0 unspecified atom stereocenters. The van der Waals surface area contributed by atoms with Crippen molar-refractivity contribution in [3.63, 3.8) is 0 Å². The maximum atomic E-state index is 12.5. The molecule has 0 aliphatic heterocycles. The van der Waals surface area contributed by atoms with Crippen molar-refractivity contribution in [2.75, 3.05) is 5.32 Å². The number of benzene rings is 1. The summed E-state index contributed by atoms with van der Waals surface area (Å²) >= 11 is 1.19. The van der Waals surface area contributed by atoms with E-state index >= 15 is 0 Å². The van der Waals surface area contributed by atoms with Gasteiger partial charge in [0.15, 0.2) is 5.16 Å². The molecule has 1 aliphatic rings. The highest BCUT2D eigenvalue weighted by Crippen LogP contribution is 2.23. The molecule has 1 aromatic carbocycles. The van der Waals surface area contributed by atoms with Gasteiger partial charge in [-0.2, -0.15) is 0 Å². The Morgan fingerprint density at radius 1 is 1.13 bits per heavy atom. The van der Waals surface area contributed by atoms with E-state index in [-0.39, 0.29) is 22.4 Å². The van der Waals surface area contributed by atoms with E-state index in [2.05, 4.69) is 20.0 Å². The molecular weight excluding hydrogens is 424 g/mol. The van der Waals surface area contributed by atoms with Crippen LogP contribution in [0.5, 0.6) is 0 Å². The lowest BCUT2D eigenvalue weighted by Crippen LogP contribution is -2.30. The van der Waals surface area contributed by atoms with Gasteiger partial charge in [-0.25, -0.2) is 18.1 Å². The first kappa shape index (κ1) is 22.5. The summed E-state index contributed by atoms with van der Waals surface area (Å²) in [6, 6.07) is 5.77. The molecular formula is C20H26N4O4S2. The van der Waals surface area contributed by atoms with E-state index in [9.17, 15) is 18.0 Å². The number of amides is 1. The minimum atomic E-state index is -3.58. The van der Waals surface area contributed by atoms with Crippen molar-refractivity contribution < 1.29 is 13.2 Å². The van der Waals surface area contributed by atoms with Gasteiger partial charge in [0.25, 0.3) is 5.56 Å². The number of rotatable bonds is 7. The summed E-state index contributed by atoms with van der Waals surface area (Å²) in [5, 5.41) is 2.70. The van der Waals surface area contributed by atoms with Crippen LogP contribution in [0.25, 0.3) is 0 Å². The van der Waals surface area contributed by atoms with Gasteiger partial charge >= 0.3 is 0 Å². The van der Waals surface area contributed by atoms with E-state index in [4.69, 9.17) is 0 Å². The van der Waals surface area contributed by atoms with E-state index in [0.717, 1.165) is 36.9 Å². The Bertz CT molecular complexity index is 1080. The third-order valence-corrected chi connectivity index (χ3v) is 7.31. The van der Waals surface area contributed by atoms with Crippen molar-refractivity contribution >= 4 is 33.4 Å². The number of fused-ring (bicyclic) bond motifs is 1. The number of aryl methyl sites for hydroxylation is 1. The fraction of sp³-hybridized carbons (Fsp3) is 0.450. The zero-order valence-electron chi connectivity index (χ0n) is 17.2. The summed E-state index contributed by atoms with van der Waals surface area (Å²) in [6.07, 6.45) is 3.55. The molecule has 0 saturated carbocycles. The molecule has 1 heterocycles. The lowest BCUT2D eigenvalue weighted by atomic mass is 9.97. The van der Waals surface area contributed by atoms with Crippen LogP contribution in [0.3, 0.4) is 0 Å². The van der Waals surface area contributed by atoms with Crippen LogP contribution in [-0.4, -0.2) is 35.6 Å². The molecule has 1 amide bonds. The summed E-state index contributed by atoms with van der Waals surface area (Å²) < 4.78 is 26.9. The molecule has 0 saturated heterocycles. The highest BCUT2D eigenvalue weighted by Gasteiger charge is 2.20. The van der Waals surface area contributed by atoms with Crippen LogP contribution in [-0.2, 0) is 27.7 Å². The number of aromatic amines is 1. The SMILES string of the molecule is CC(C)NS(=O)(=O)c1ccc(NC(=O)[C@H](C)Sc2nc3c(c(=O)[nH]2)CCCC3)cc1. The standard InChI is InChI=1S/C20H26N4O4S2/c1-12(2)24-30(27,28)15-10-8-14(9-11-15)21-18(25)13(3)29-20-22-17-7-5-4-6-16(17)19(26)23-20/h8-13,24H,4-7H2,1-3H3,(H,21,25)(H,22,23,26)/t13-/m0/s1. The predicted octanol–water partition coefficient (Wildman–Crippen LogP) is 2.45. The molecule has 162 valence electrons. The average Bonchev–Trinajstić information content (AvgIpc) is 2.67. The summed E-state index contributed by atoms with van der Waals surface area (Å²) in [6.45, 7) is 5.22. The van der Waals surface area contributed by atoms with Crippen molar-refractivity contribution in [2.45, 2.75) is 67.8 Å². The molecule has 1 atom stereocenters. The van der Waals surface area contributed by atoms with Crippen LogP contribution >= 0.6 is 11.8 Å². The zero-order valence-corrected chi connectivity index (χ0v) is 18.8. The maximum Gasteiger partial charge on any atom is 0.254 e. The van der Waals surface area contributed by atoms with Gasteiger partial charge in [-0.1, -0.05) is 11.8 Å². The normalized spacial score (nSPS) is 14.9. The molecule has 30 heavy (non-hydrogen) atoms. The molecule has 1 aliphatic carbocycles. The van der Waals surface area contributed by atoms with Gasteiger partial charge in [0.2, 0.25) is 15.9 Å². The molecule has 0 spiro atoms. The highest BCUT2D eigenvalue weighted by atomic mass is 32.2. The molecule has 2 aromatic rings. The van der Waals surface area contributed by atoms with Crippen LogP contribution < -0.4 is 15.6 Å². The number of anilines is 1. The largest absolute Gasteiger partial charge is 0.325 e. The summed E-state index contributed by atoms with van der Waals surface area (Å²) in [5.74, 6) is -0.267. The van der Waals surface area contributed by atoms with Crippen molar-refractivity contribution in [1.29, 1.82) is 0 Å². The highest BCUT2D eigenvalue weighted by molar-refractivity contribution is 8.00. The topological polar surface area (TPSA) is 121 Å². The van der Waals surface area contributed by atoms with Crippen LogP contribution in [0, 0.1) is 0 Å². The Morgan fingerprint density at radius 2 is 1.80 bits per heavy atom. The monoisotopic (exact) mass is 450 g/mol. The number of carbonyl (C=O) groups is 1. The maximum absolute atomic E-state index is 12.5. The quantitative estimate of drug-likeness (QED) is 0.440. The number of hydrogen-bond acceptors (Lipinski definition) is 6. The first-order valence-electron chi connectivity index (χ1n) is 9.87. The molecule has 10 heteroatoms. The van der Waals surface area contributed by atoms with E-state index < -0.39 is 15.3 Å². The Morgan fingerprint density at radius 3 is 2.47 bits per heavy atom. The summed E-state index contributed by atoms with van der Waals surface area (Å²) in [5.41, 5.74) is 1.95. The van der Waals surface area contributed by atoms with Gasteiger partial charge in [0.05, 0.1) is 15.8 Å². The van der Waals surface area contributed by atoms with Gasteiger partial charge in [-0.05, 0) is 70.7 Å². The number of thioether (sulfide) groups is 1. The first-order valence-corrected chi connectivity index (χ1v) is 12.2. The summed E-state index contributed by atoms with van der Waals surface area (Å²) in [7, 11) is -3.58. The van der Waals surface area contributed by atoms with Crippen molar-refractivity contribution in [3.05, 3.63) is 45.9 Å². The van der Waals surface area contributed by atoms with Gasteiger partial charge in [-0.15, -0.1) is 0 Å². The third kappa shape index (κ3) is 5.50. The minimum Gasteiger partial charge on any atom is -0.325 e. The van der Waals surface area contributed by atoms with Crippen LogP contribution in [0.15, 0.2) is 39.1 Å². The molecule has 3 rings (SSSR count). The van der Waals surface area contributed by atoms with Gasteiger partial charge in [0.1, 0.15) is 0 Å². The second-order valence-corrected chi connectivity index (χ2v) is 10.6. The number of carbonyl (C=O) groups excluding carboxylic acids is 1. The molecule has 0 bridgehead atoms. The molecule has 0 radical (unpaired) electrons. The van der Waals surface area contributed by atoms with Gasteiger partial charge < -0.3 is 10.3 Å². The lowest BCUT2D eigenvalue weighted by molar-refractivity contribution is -0.115. The number of hydrogen-bond donors (Lipinski definition) is 3. The van der Waals surface area contributed by atoms with Crippen LogP contribution in [0.1, 0.15) is 44.9 Å². The summed E-state index contributed by atoms with van der Waals surface area (Å²) in [4.78, 5) is 32.2. The molecule has 8 nitrogen and oxygen atoms in total. The zero-order chi connectivity index (χ0) is 21.9. The number of nitrogens with one attached hydrogen (secondary N) is 3. The molecule has 1 aromatic heterocycles. The lowest BCUT2D eigenvalue weighted by Gasteiger charge is -2.16. The van der Waals surface area contributed by atoms with E-state index in [1.54, 1.807) is 32.9 Å². The predicted molar refractivity (Wildman–Crippen MR) is 117 cm³/mol.